The molecule has 0 heterocycles. The minimum atomic E-state index is 0.357. The number of nitrogens with zero attached hydrogens (tertiary/aromatic N) is 1. The van der Waals surface area contributed by atoms with Gasteiger partial charge in [0.05, 0.1) is 7.11 Å². The van der Waals surface area contributed by atoms with Crippen LogP contribution in [-0.4, -0.2) is 38.2 Å². The topological polar surface area (TPSA) is 24.5 Å². The molecular formula is C18H30N2O. The van der Waals surface area contributed by atoms with E-state index in [4.69, 9.17) is 4.74 Å². The number of nitrogens with one attached hydrogen (secondary N) is 1. The lowest BCUT2D eigenvalue weighted by Crippen LogP contribution is -2.45. The second-order valence-electron chi connectivity index (χ2n) is 6.16. The number of benzene rings is 1. The Labute approximate surface area is 129 Å². The van der Waals surface area contributed by atoms with Crippen LogP contribution in [-0.2, 0) is 0 Å². The average Bonchev–Trinajstić information content (AvgIpc) is 2.47. The minimum Gasteiger partial charge on any atom is -0.497 e. The van der Waals surface area contributed by atoms with Gasteiger partial charge in [0.1, 0.15) is 5.75 Å². The third-order valence-electron chi connectivity index (χ3n) is 4.97. The smallest absolute Gasteiger partial charge is 0.118 e. The van der Waals surface area contributed by atoms with Crippen molar-refractivity contribution in [1.82, 2.24) is 10.2 Å². The van der Waals surface area contributed by atoms with Gasteiger partial charge in [0.2, 0.25) is 0 Å². The molecule has 2 atom stereocenters. The number of methoxy groups -OCH3 is 1. The maximum atomic E-state index is 5.26. The van der Waals surface area contributed by atoms with E-state index in [1.165, 1.54) is 31.4 Å². The maximum Gasteiger partial charge on any atom is 0.118 e. The van der Waals surface area contributed by atoms with Crippen LogP contribution in [0, 0.1) is 5.92 Å². The van der Waals surface area contributed by atoms with Crippen LogP contribution in [0.25, 0.3) is 0 Å². The van der Waals surface area contributed by atoms with Crippen LogP contribution in [0.2, 0.25) is 0 Å². The van der Waals surface area contributed by atoms with Crippen molar-refractivity contribution in [2.45, 2.75) is 45.2 Å². The van der Waals surface area contributed by atoms with Crippen LogP contribution in [0.3, 0.4) is 0 Å². The first-order chi connectivity index (χ1) is 10.2. The summed E-state index contributed by atoms with van der Waals surface area (Å²) in [5, 5.41) is 3.50. The van der Waals surface area contributed by atoms with Crippen molar-refractivity contribution >= 4 is 0 Å². The van der Waals surface area contributed by atoms with E-state index in [1.54, 1.807) is 7.11 Å². The molecule has 1 aliphatic rings. The van der Waals surface area contributed by atoms with E-state index in [9.17, 15) is 0 Å². The summed E-state index contributed by atoms with van der Waals surface area (Å²) in [6.45, 7) is 6.97. The van der Waals surface area contributed by atoms with Crippen molar-refractivity contribution in [3.63, 3.8) is 0 Å². The molecule has 21 heavy (non-hydrogen) atoms. The van der Waals surface area contributed by atoms with Gasteiger partial charge >= 0.3 is 0 Å². The highest BCUT2D eigenvalue weighted by atomic mass is 16.5. The third-order valence-corrected chi connectivity index (χ3v) is 4.97. The fraction of sp³-hybridized carbons (Fsp3) is 0.667. The number of hydrogen-bond donors (Lipinski definition) is 1. The molecule has 0 radical (unpaired) electrons. The summed E-state index contributed by atoms with van der Waals surface area (Å²) in [4.78, 5) is 2.62. The van der Waals surface area contributed by atoms with E-state index in [0.29, 0.717) is 12.1 Å². The molecule has 3 nitrogen and oxygen atoms in total. The largest absolute Gasteiger partial charge is 0.497 e. The Bertz CT molecular complexity index is 414. The molecule has 1 N–H and O–H groups in total. The summed E-state index contributed by atoms with van der Waals surface area (Å²) < 4.78 is 5.26. The van der Waals surface area contributed by atoms with Gasteiger partial charge in [-0.05, 0) is 57.0 Å². The Morgan fingerprint density at radius 3 is 2.38 bits per heavy atom. The van der Waals surface area contributed by atoms with Crippen molar-refractivity contribution in [3.8, 4) is 5.75 Å². The molecule has 0 bridgehead atoms. The lowest BCUT2D eigenvalue weighted by atomic mass is 9.84. The predicted octanol–water partition coefficient (Wildman–Crippen LogP) is 3.47. The third kappa shape index (κ3) is 3.98. The first kappa shape index (κ1) is 16.3. The van der Waals surface area contributed by atoms with Gasteiger partial charge in [-0.2, -0.15) is 0 Å². The van der Waals surface area contributed by atoms with Crippen LogP contribution < -0.4 is 10.1 Å². The predicted molar refractivity (Wildman–Crippen MR) is 88.8 cm³/mol. The first-order valence-corrected chi connectivity index (χ1v) is 8.24. The Kier molecular flexibility index (Phi) is 6.07. The van der Waals surface area contributed by atoms with Crippen LogP contribution in [0.4, 0.5) is 0 Å². The first-order valence-electron chi connectivity index (χ1n) is 8.24. The van der Waals surface area contributed by atoms with Crippen molar-refractivity contribution in [1.29, 1.82) is 0 Å². The zero-order valence-corrected chi connectivity index (χ0v) is 13.9. The van der Waals surface area contributed by atoms with Gasteiger partial charge in [-0.25, -0.2) is 0 Å². The molecule has 1 aromatic rings. The molecular weight excluding hydrogens is 260 g/mol. The quantitative estimate of drug-likeness (QED) is 0.793. The normalized spacial score (nSPS) is 18.3. The summed E-state index contributed by atoms with van der Waals surface area (Å²) in [6.07, 6.45) is 4.25. The van der Waals surface area contributed by atoms with Crippen LogP contribution in [0.15, 0.2) is 24.3 Å². The number of likely N-dealkylation sites (N-methyl/N-ethyl adjacent to an activating group) is 2. The van der Waals surface area contributed by atoms with Crippen LogP contribution in [0.1, 0.15) is 44.7 Å². The second kappa shape index (κ2) is 7.81. The molecule has 1 fully saturated rings. The van der Waals surface area contributed by atoms with E-state index in [-0.39, 0.29) is 0 Å². The van der Waals surface area contributed by atoms with Gasteiger partial charge in [-0.3, -0.25) is 4.90 Å². The van der Waals surface area contributed by atoms with E-state index < -0.39 is 0 Å². The number of rotatable bonds is 8. The zero-order chi connectivity index (χ0) is 15.2. The van der Waals surface area contributed by atoms with Gasteiger partial charge in [0.15, 0.2) is 0 Å². The molecule has 0 aliphatic heterocycles. The van der Waals surface area contributed by atoms with Gasteiger partial charge in [-0.1, -0.05) is 25.5 Å². The Morgan fingerprint density at radius 1 is 1.29 bits per heavy atom. The Balaban J connectivity index is 2.05. The fourth-order valence-corrected chi connectivity index (χ4v) is 3.30. The molecule has 2 unspecified atom stereocenters. The van der Waals surface area contributed by atoms with Crippen molar-refractivity contribution in [3.05, 3.63) is 29.8 Å². The minimum absolute atomic E-state index is 0.357. The van der Waals surface area contributed by atoms with Gasteiger partial charge in [0, 0.05) is 18.6 Å². The molecule has 0 saturated heterocycles. The van der Waals surface area contributed by atoms with Crippen LogP contribution in [0.5, 0.6) is 5.75 Å². The lowest BCUT2D eigenvalue weighted by Gasteiger charge is -2.38. The van der Waals surface area contributed by atoms with Crippen molar-refractivity contribution < 1.29 is 4.74 Å². The molecule has 0 aromatic heterocycles. The molecule has 118 valence electrons. The van der Waals surface area contributed by atoms with Crippen LogP contribution >= 0.6 is 0 Å². The maximum absolute atomic E-state index is 5.26. The van der Waals surface area contributed by atoms with E-state index in [1.807, 2.05) is 0 Å². The number of ether oxygens (including phenoxy) is 1. The molecule has 1 aliphatic carbocycles. The van der Waals surface area contributed by atoms with Gasteiger partial charge < -0.3 is 10.1 Å². The summed E-state index contributed by atoms with van der Waals surface area (Å²) >= 11 is 0. The lowest BCUT2D eigenvalue weighted by molar-refractivity contribution is 0.124. The molecule has 0 amide bonds. The van der Waals surface area contributed by atoms with E-state index >= 15 is 0 Å². The fourth-order valence-electron chi connectivity index (χ4n) is 3.30. The summed E-state index contributed by atoms with van der Waals surface area (Å²) in [6, 6.07) is 9.30. The van der Waals surface area contributed by atoms with E-state index in [0.717, 1.165) is 18.2 Å². The summed E-state index contributed by atoms with van der Waals surface area (Å²) in [5.41, 5.74) is 1.33. The standard InChI is InChI=1S/C18H30N2O/c1-5-20(13-15-7-6-8-15)14(2)18(19-3)16-9-11-17(21-4)12-10-16/h9-12,14-15,18-19H,5-8,13H2,1-4H3. The molecule has 1 aromatic carbocycles. The molecule has 1 saturated carbocycles. The number of hydrogen-bond acceptors (Lipinski definition) is 3. The summed E-state index contributed by atoms with van der Waals surface area (Å²) in [7, 11) is 3.77. The van der Waals surface area contributed by atoms with E-state index in [2.05, 4.69) is 55.4 Å². The molecule has 3 heteroatoms. The highest BCUT2D eigenvalue weighted by molar-refractivity contribution is 5.29. The van der Waals surface area contributed by atoms with Crippen molar-refractivity contribution in [2.75, 3.05) is 27.2 Å². The monoisotopic (exact) mass is 290 g/mol. The van der Waals surface area contributed by atoms with Crippen molar-refractivity contribution in [2.24, 2.45) is 5.92 Å². The zero-order valence-electron chi connectivity index (χ0n) is 13.9. The van der Waals surface area contributed by atoms with Gasteiger partial charge in [0.25, 0.3) is 0 Å². The second-order valence-corrected chi connectivity index (χ2v) is 6.16. The summed E-state index contributed by atoms with van der Waals surface area (Å²) in [5.74, 6) is 1.84. The highest BCUT2D eigenvalue weighted by Gasteiger charge is 2.27. The Morgan fingerprint density at radius 2 is 1.95 bits per heavy atom. The average molecular weight is 290 g/mol. The van der Waals surface area contributed by atoms with Gasteiger partial charge in [-0.15, -0.1) is 0 Å². The SMILES string of the molecule is CCN(CC1CCC1)C(C)C(NC)c1ccc(OC)cc1. The highest BCUT2D eigenvalue weighted by Crippen LogP contribution is 2.30. The molecule has 0 spiro atoms. The molecule has 2 rings (SSSR count). The Hall–Kier alpha value is -1.06.